The van der Waals surface area contributed by atoms with E-state index in [1.54, 1.807) is 12.1 Å². The van der Waals surface area contributed by atoms with E-state index in [1.165, 1.54) is 12.5 Å². The summed E-state index contributed by atoms with van der Waals surface area (Å²) in [5, 5.41) is 12.7. The van der Waals surface area contributed by atoms with Gasteiger partial charge in [0.2, 0.25) is 0 Å². The lowest BCUT2D eigenvalue weighted by Gasteiger charge is -2.22. The van der Waals surface area contributed by atoms with Crippen LogP contribution in [0.15, 0.2) is 24.7 Å². The first-order valence-electron chi connectivity index (χ1n) is 6.50. The van der Waals surface area contributed by atoms with Gasteiger partial charge in [-0.25, -0.2) is 15.0 Å². The molecular formula is C13H17ClN6O. The van der Waals surface area contributed by atoms with Crippen LogP contribution in [-0.2, 0) is 0 Å². The molecule has 0 aliphatic carbocycles. The van der Waals surface area contributed by atoms with E-state index in [1.807, 2.05) is 11.8 Å². The predicted molar refractivity (Wildman–Crippen MR) is 83.9 cm³/mol. The maximum Gasteiger partial charge on any atom is 0.160 e. The lowest BCUT2D eigenvalue weighted by molar-refractivity contribution is 0.302. The van der Waals surface area contributed by atoms with Crippen molar-refractivity contribution < 1.29 is 5.11 Å². The number of hydrogen-bond acceptors (Lipinski definition) is 7. The van der Waals surface area contributed by atoms with E-state index >= 15 is 0 Å². The molecule has 0 amide bonds. The monoisotopic (exact) mass is 308 g/mol. The molecule has 0 spiro atoms. The molecule has 0 aliphatic heterocycles. The van der Waals surface area contributed by atoms with Gasteiger partial charge in [0.25, 0.3) is 0 Å². The second kappa shape index (κ2) is 7.05. The Balaban J connectivity index is 2.26. The SMILES string of the molecule is CCN(CCO)c1ncnc(Nc2ccc(Cl)cn2)c1N. The van der Waals surface area contributed by atoms with Gasteiger partial charge in [-0.1, -0.05) is 11.6 Å². The highest BCUT2D eigenvalue weighted by Gasteiger charge is 2.14. The molecular weight excluding hydrogens is 292 g/mol. The van der Waals surface area contributed by atoms with Gasteiger partial charge in [0.15, 0.2) is 11.6 Å². The van der Waals surface area contributed by atoms with Gasteiger partial charge in [-0.2, -0.15) is 0 Å². The highest BCUT2D eigenvalue weighted by molar-refractivity contribution is 6.30. The molecule has 0 unspecified atom stereocenters. The summed E-state index contributed by atoms with van der Waals surface area (Å²) in [5.41, 5.74) is 6.51. The topological polar surface area (TPSA) is 100 Å². The predicted octanol–water partition coefficient (Wildman–Crippen LogP) is 1.67. The van der Waals surface area contributed by atoms with Gasteiger partial charge < -0.3 is 21.1 Å². The number of aliphatic hydroxyl groups is 1. The number of halogens is 1. The second-order valence-electron chi connectivity index (χ2n) is 4.25. The number of likely N-dealkylation sites (N-methyl/N-ethyl adjacent to an activating group) is 1. The van der Waals surface area contributed by atoms with E-state index in [2.05, 4.69) is 20.3 Å². The number of aromatic nitrogens is 3. The summed E-state index contributed by atoms with van der Waals surface area (Å²) in [6.45, 7) is 3.13. The first-order valence-corrected chi connectivity index (χ1v) is 6.88. The Morgan fingerprint density at radius 2 is 2.14 bits per heavy atom. The lowest BCUT2D eigenvalue weighted by Crippen LogP contribution is -2.28. The molecule has 2 heterocycles. The summed E-state index contributed by atoms with van der Waals surface area (Å²) in [7, 11) is 0. The number of nitrogens with zero attached hydrogens (tertiary/aromatic N) is 4. The van der Waals surface area contributed by atoms with E-state index in [9.17, 15) is 0 Å². The minimum absolute atomic E-state index is 0.0266. The quantitative estimate of drug-likeness (QED) is 0.746. The van der Waals surface area contributed by atoms with Crippen LogP contribution in [0.4, 0.5) is 23.1 Å². The zero-order valence-corrected chi connectivity index (χ0v) is 12.4. The average Bonchev–Trinajstić information content (AvgIpc) is 2.49. The van der Waals surface area contributed by atoms with Crippen molar-refractivity contribution in [1.82, 2.24) is 15.0 Å². The number of nitrogens with two attached hydrogens (primary N) is 1. The molecule has 0 bridgehead atoms. The van der Waals surface area contributed by atoms with Crippen molar-refractivity contribution in [1.29, 1.82) is 0 Å². The van der Waals surface area contributed by atoms with Crippen molar-refractivity contribution in [3.63, 3.8) is 0 Å². The summed E-state index contributed by atoms with van der Waals surface area (Å²) >= 11 is 5.80. The number of hydrogen-bond donors (Lipinski definition) is 3. The van der Waals surface area contributed by atoms with Crippen molar-refractivity contribution in [2.75, 3.05) is 35.6 Å². The summed E-state index contributed by atoms with van der Waals surface area (Å²) < 4.78 is 0. The van der Waals surface area contributed by atoms with Gasteiger partial charge in [-0.15, -0.1) is 0 Å². The molecule has 8 heteroatoms. The molecule has 0 aromatic carbocycles. The fourth-order valence-electron chi connectivity index (χ4n) is 1.84. The molecule has 4 N–H and O–H groups in total. The Labute approximate surface area is 127 Å². The van der Waals surface area contributed by atoms with Gasteiger partial charge >= 0.3 is 0 Å². The van der Waals surface area contributed by atoms with Gasteiger partial charge in [-0.3, -0.25) is 0 Å². The van der Waals surface area contributed by atoms with Crippen LogP contribution in [0.2, 0.25) is 5.02 Å². The van der Waals surface area contributed by atoms with Crippen molar-refractivity contribution >= 4 is 34.7 Å². The molecule has 21 heavy (non-hydrogen) atoms. The molecule has 0 saturated carbocycles. The maximum absolute atomic E-state index is 9.09. The third-order valence-corrected chi connectivity index (χ3v) is 3.11. The Hall–Kier alpha value is -2.12. The van der Waals surface area contributed by atoms with Crippen LogP contribution in [0.1, 0.15) is 6.92 Å². The minimum atomic E-state index is 0.0266. The standard InChI is InChI=1S/C13H17ClN6O/c1-2-20(5-6-21)13-11(15)12(17-8-18-13)19-10-4-3-9(14)7-16-10/h3-4,7-8,21H,2,5-6,15H2,1H3,(H,16,17,18,19). The van der Waals surface area contributed by atoms with Crippen molar-refractivity contribution in [3.8, 4) is 0 Å². The molecule has 2 aromatic heterocycles. The Morgan fingerprint density at radius 1 is 1.33 bits per heavy atom. The number of nitrogen functional groups attached to an aromatic ring is 1. The third kappa shape index (κ3) is 3.71. The van der Waals surface area contributed by atoms with E-state index < -0.39 is 0 Å². The Kier molecular flexibility index (Phi) is 5.13. The summed E-state index contributed by atoms with van der Waals surface area (Å²) in [6.07, 6.45) is 2.95. The fraction of sp³-hybridized carbons (Fsp3) is 0.308. The van der Waals surface area contributed by atoms with Crippen LogP contribution in [0.5, 0.6) is 0 Å². The number of aliphatic hydroxyl groups excluding tert-OH is 1. The van der Waals surface area contributed by atoms with Gasteiger partial charge in [0.1, 0.15) is 17.8 Å². The average molecular weight is 309 g/mol. The van der Waals surface area contributed by atoms with Crippen LogP contribution in [0.25, 0.3) is 0 Å². The molecule has 7 nitrogen and oxygen atoms in total. The van der Waals surface area contributed by atoms with Gasteiger partial charge in [0, 0.05) is 19.3 Å². The summed E-state index contributed by atoms with van der Waals surface area (Å²) in [5.74, 6) is 1.63. The number of anilines is 4. The van der Waals surface area contributed by atoms with E-state index in [-0.39, 0.29) is 6.61 Å². The zero-order chi connectivity index (χ0) is 15.2. The van der Waals surface area contributed by atoms with E-state index in [0.29, 0.717) is 41.3 Å². The molecule has 112 valence electrons. The molecule has 0 atom stereocenters. The van der Waals surface area contributed by atoms with Crippen LogP contribution < -0.4 is 16.0 Å². The zero-order valence-electron chi connectivity index (χ0n) is 11.6. The van der Waals surface area contributed by atoms with Crippen LogP contribution in [-0.4, -0.2) is 39.8 Å². The highest BCUT2D eigenvalue weighted by Crippen LogP contribution is 2.27. The molecule has 2 aromatic rings. The lowest BCUT2D eigenvalue weighted by atomic mass is 10.3. The maximum atomic E-state index is 9.09. The molecule has 0 aliphatic rings. The normalized spacial score (nSPS) is 10.4. The van der Waals surface area contributed by atoms with Crippen LogP contribution >= 0.6 is 11.6 Å². The van der Waals surface area contributed by atoms with E-state index in [0.717, 1.165) is 0 Å². The smallest absolute Gasteiger partial charge is 0.160 e. The Bertz CT molecular complexity index is 592. The molecule has 0 radical (unpaired) electrons. The molecule has 0 fully saturated rings. The number of nitrogens with one attached hydrogen (secondary N) is 1. The summed E-state index contributed by atoms with van der Waals surface area (Å²) in [6, 6.07) is 3.45. The minimum Gasteiger partial charge on any atom is -0.395 e. The largest absolute Gasteiger partial charge is 0.395 e. The number of pyridine rings is 1. The molecule has 0 saturated heterocycles. The first-order chi connectivity index (χ1) is 10.2. The van der Waals surface area contributed by atoms with E-state index in [4.69, 9.17) is 22.4 Å². The Morgan fingerprint density at radius 3 is 2.76 bits per heavy atom. The van der Waals surface area contributed by atoms with Gasteiger partial charge in [-0.05, 0) is 19.1 Å². The van der Waals surface area contributed by atoms with Crippen molar-refractivity contribution in [2.45, 2.75) is 6.92 Å². The number of rotatable bonds is 6. The summed E-state index contributed by atoms with van der Waals surface area (Å²) in [4.78, 5) is 14.3. The van der Waals surface area contributed by atoms with Crippen LogP contribution in [0, 0.1) is 0 Å². The molecule has 2 rings (SSSR count). The van der Waals surface area contributed by atoms with Gasteiger partial charge in [0.05, 0.1) is 11.6 Å². The highest BCUT2D eigenvalue weighted by atomic mass is 35.5. The second-order valence-corrected chi connectivity index (χ2v) is 4.69. The first kappa shape index (κ1) is 15.3. The third-order valence-electron chi connectivity index (χ3n) is 2.89. The fourth-order valence-corrected chi connectivity index (χ4v) is 1.96. The van der Waals surface area contributed by atoms with Crippen molar-refractivity contribution in [2.24, 2.45) is 0 Å². The van der Waals surface area contributed by atoms with Crippen molar-refractivity contribution in [3.05, 3.63) is 29.7 Å². The van der Waals surface area contributed by atoms with Crippen LogP contribution in [0.3, 0.4) is 0 Å².